The minimum absolute atomic E-state index is 0.00142. The van der Waals surface area contributed by atoms with E-state index in [9.17, 15) is 13.2 Å². The fraction of sp³-hybridized carbons (Fsp3) is 0.462. The Kier molecular flexibility index (Phi) is 4.77. The van der Waals surface area contributed by atoms with Crippen LogP contribution in [0.15, 0.2) is 23.1 Å². The van der Waals surface area contributed by atoms with Crippen molar-refractivity contribution in [3.8, 4) is 5.75 Å². The Bertz CT molecular complexity index is 607. The third kappa shape index (κ3) is 4.21. The molecule has 0 heterocycles. The second-order valence-corrected chi connectivity index (χ2v) is 6.87. The summed E-state index contributed by atoms with van der Waals surface area (Å²) in [4.78, 5) is 10.8. The van der Waals surface area contributed by atoms with Crippen LogP contribution in [0, 0.1) is 6.92 Å². The normalized spacial score (nSPS) is 12.2. The van der Waals surface area contributed by atoms with Crippen molar-refractivity contribution in [1.82, 2.24) is 4.72 Å². The van der Waals surface area contributed by atoms with E-state index in [2.05, 4.69) is 4.72 Å². The van der Waals surface area contributed by atoms with E-state index in [4.69, 9.17) is 9.84 Å². The second kappa shape index (κ2) is 5.80. The van der Waals surface area contributed by atoms with Crippen LogP contribution in [0.2, 0.25) is 0 Å². The van der Waals surface area contributed by atoms with Gasteiger partial charge in [-0.2, -0.15) is 0 Å². The van der Waals surface area contributed by atoms with Crippen molar-refractivity contribution in [1.29, 1.82) is 0 Å². The van der Waals surface area contributed by atoms with Crippen molar-refractivity contribution in [3.63, 3.8) is 0 Å². The Morgan fingerprint density at radius 3 is 2.50 bits per heavy atom. The molecule has 20 heavy (non-hydrogen) atoms. The van der Waals surface area contributed by atoms with Gasteiger partial charge in [-0.3, -0.25) is 4.79 Å². The quantitative estimate of drug-likeness (QED) is 0.831. The lowest BCUT2D eigenvalue weighted by Gasteiger charge is -2.24. The molecule has 0 bridgehead atoms. The summed E-state index contributed by atoms with van der Waals surface area (Å²) in [6.45, 7) is 4.79. The van der Waals surface area contributed by atoms with Crippen molar-refractivity contribution >= 4 is 16.0 Å². The second-order valence-electron chi connectivity index (χ2n) is 5.21. The van der Waals surface area contributed by atoms with E-state index >= 15 is 0 Å². The predicted molar refractivity (Wildman–Crippen MR) is 74.4 cm³/mol. The number of rotatable bonds is 6. The lowest BCUT2D eigenvalue weighted by Crippen LogP contribution is -2.44. The van der Waals surface area contributed by atoms with Gasteiger partial charge in [0.25, 0.3) is 0 Å². The van der Waals surface area contributed by atoms with E-state index in [0.717, 1.165) is 5.56 Å². The highest BCUT2D eigenvalue weighted by atomic mass is 32.2. The SMILES string of the molecule is COc1ccc(C)cc1S(=O)(=O)NC(C)(C)CC(=O)O. The summed E-state index contributed by atoms with van der Waals surface area (Å²) in [5.74, 6) is -0.858. The Hall–Kier alpha value is -1.60. The van der Waals surface area contributed by atoms with Gasteiger partial charge in [0, 0.05) is 5.54 Å². The molecule has 1 aromatic carbocycles. The number of nitrogens with one attached hydrogen (secondary N) is 1. The molecule has 2 N–H and O–H groups in total. The van der Waals surface area contributed by atoms with Crippen molar-refractivity contribution in [2.45, 2.75) is 37.6 Å². The number of carbonyl (C=O) groups is 1. The zero-order valence-electron chi connectivity index (χ0n) is 11.9. The number of aryl methyl sites for hydroxylation is 1. The monoisotopic (exact) mass is 301 g/mol. The smallest absolute Gasteiger partial charge is 0.305 e. The zero-order chi connectivity index (χ0) is 15.6. The number of hydrogen-bond donors (Lipinski definition) is 2. The van der Waals surface area contributed by atoms with Gasteiger partial charge in [0.2, 0.25) is 10.0 Å². The van der Waals surface area contributed by atoms with Crippen LogP contribution in [0.3, 0.4) is 0 Å². The van der Waals surface area contributed by atoms with Gasteiger partial charge in [-0.15, -0.1) is 0 Å². The average molecular weight is 301 g/mol. The number of methoxy groups -OCH3 is 1. The van der Waals surface area contributed by atoms with Gasteiger partial charge in [-0.05, 0) is 38.5 Å². The van der Waals surface area contributed by atoms with Gasteiger partial charge in [-0.1, -0.05) is 6.07 Å². The molecule has 0 unspecified atom stereocenters. The summed E-state index contributed by atoms with van der Waals surface area (Å²) < 4.78 is 32.2. The zero-order valence-corrected chi connectivity index (χ0v) is 12.7. The molecule has 0 aliphatic heterocycles. The highest BCUT2D eigenvalue weighted by Gasteiger charge is 2.30. The Balaban J connectivity index is 3.17. The number of hydrogen-bond acceptors (Lipinski definition) is 4. The summed E-state index contributed by atoms with van der Waals surface area (Å²) in [7, 11) is -2.49. The van der Waals surface area contributed by atoms with Gasteiger partial charge in [-0.25, -0.2) is 13.1 Å². The number of aliphatic carboxylic acids is 1. The molecule has 0 saturated heterocycles. The lowest BCUT2D eigenvalue weighted by molar-refractivity contribution is -0.138. The molecule has 0 aliphatic rings. The summed E-state index contributed by atoms with van der Waals surface area (Å²) in [6.07, 6.45) is -0.319. The Morgan fingerprint density at radius 1 is 1.40 bits per heavy atom. The molecule has 0 aromatic heterocycles. The molecule has 112 valence electrons. The molecule has 0 spiro atoms. The van der Waals surface area contributed by atoms with Crippen LogP contribution in [0.1, 0.15) is 25.8 Å². The molecule has 7 heteroatoms. The van der Waals surface area contributed by atoms with Crippen molar-refractivity contribution < 1.29 is 23.1 Å². The first-order chi connectivity index (χ1) is 9.07. The molecule has 0 amide bonds. The van der Waals surface area contributed by atoms with Gasteiger partial charge in [0.05, 0.1) is 13.5 Å². The number of carboxylic acids is 1. The minimum Gasteiger partial charge on any atom is -0.495 e. The van der Waals surface area contributed by atoms with Gasteiger partial charge in [0.15, 0.2) is 0 Å². The predicted octanol–water partition coefficient (Wildman–Crippen LogP) is 1.54. The molecule has 0 atom stereocenters. The standard InChI is InChI=1S/C13H19NO5S/c1-9-5-6-10(19-4)11(7-9)20(17,18)14-13(2,3)8-12(15)16/h5-7,14H,8H2,1-4H3,(H,15,16). The molecular formula is C13H19NO5S. The molecule has 1 aromatic rings. The summed E-state index contributed by atoms with van der Waals surface area (Å²) >= 11 is 0. The van der Waals surface area contributed by atoms with Crippen molar-refractivity contribution in [3.05, 3.63) is 23.8 Å². The first-order valence-corrected chi connectivity index (χ1v) is 7.46. The van der Waals surface area contributed by atoms with Gasteiger partial charge >= 0.3 is 5.97 Å². The highest BCUT2D eigenvalue weighted by Crippen LogP contribution is 2.26. The maximum atomic E-state index is 12.4. The fourth-order valence-corrected chi connectivity index (χ4v) is 3.49. The average Bonchev–Trinajstić information content (AvgIpc) is 2.25. The highest BCUT2D eigenvalue weighted by molar-refractivity contribution is 7.89. The third-order valence-electron chi connectivity index (χ3n) is 2.61. The van der Waals surface area contributed by atoms with Crippen LogP contribution in [0.25, 0.3) is 0 Å². The molecule has 1 rings (SSSR count). The van der Waals surface area contributed by atoms with E-state index < -0.39 is 21.5 Å². The molecule has 0 fully saturated rings. The molecule has 0 radical (unpaired) electrons. The van der Waals surface area contributed by atoms with Crippen LogP contribution in [-0.4, -0.2) is 32.1 Å². The summed E-state index contributed by atoms with van der Waals surface area (Å²) in [5, 5.41) is 8.80. The number of sulfonamides is 1. The van der Waals surface area contributed by atoms with E-state index in [1.54, 1.807) is 19.1 Å². The molecular weight excluding hydrogens is 282 g/mol. The third-order valence-corrected chi connectivity index (χ3v) is 4.33. The molecule has 0 aliphatic carbocycles. The van der Waals surface area contributed by atoms with E-state index in [-0.39, 0.29) is 17.1 Å². The Morgan fingerprint density at radius 2 is 2.00 bits per heavy atom. The van der Waals surface area contributed by atoms with Crippen LogP contribution >= 0.6 is 0 Å². The van der Waals surface area contributed by atoms with Crippen LogP contribution in [-0.2, 0) is 14.8 Å². The fourth-order valence-electron chi connectivity index (χ4n) is 1.83. The maximum absolute atomic E-state index is 12.4. The summed E-state index contributed by atoms with van der Waals surface area (Å²) in [5.41, 5.74) is -0.332. The lowest BCUT2D eigenvalue weighted by atomic mass is 10.0. The molecule has 0 saturated carbocycles. The van der Waals surface area contributed by atoms with Gasteiger partial charge < -0.3 is 9.84 Å². The summed E-state index contributed by atoms with van der Waals surface area (Å²) in [6, 6.07) is 4.78. The number of ether oxygens (including phenoxy) is 1. The largest absolute Gasteiger partial charge is 0.495 e. The topological polar surface area (TPSA) is 92.7 Å². The maximum Gasteiger partial charge on any atom is 0.305 e. The number of benzene rings is 1. The first-order valence-electron chi connectivity index (χ1n) is 5.98. The van der Waals surface area contributed by atoms with Crippen LogP contribution < -0.4 is 9.46 Å². The van der Waals surface area contributed by atoms with Crippen molar-refractivity contribution in [2.24, 2.45) is 0 Å². The minimum atomic E-state index is -3.87. The van der Waals surface area contributed by atoms with Gasteiger partial charge in [0.1, 0.15) is 10.6 Å². The van der Waals surface area contributed by atoms with E-state index in [1.807, 2.05) is 0 Å². The molecule has 6 nitrogen and oxygen atoms in total. The number of carboxylic acid groups (broad SMARTS) is 1. The van der Waals surface area contributed by atoms with Crippen LogP contribution in [0.4, 0.5) is 0 Å². The van der Waals surface area contributed by atoms with E-state index in [0.29, 0.717) is 0 Å². The Labute approximate surface area is 118 Å². The van der Waals surface area contributed by atoms with Crippen molar-refractivity contribution in [2.75, 3.05) is 7.11 Å². The van der Waals surface area contributed by atoms with E-state index in [1.165, 1.54) is 27.0 Å². The van der Waals surface area contributed by atoms with Crippen LogP contribution in [0.5, 0.6) is 5.75 Å². The first kappa shape index (κ1) is 16.5.